The lowest BCUT2D eigenvalue weighted by Gasteiger charge is -2.13. The molecule has 0 saturated heterocycles. The molecule has 0 bridgehead atoms. The van der Waals surface area contributed by atoms with Gasteiger partial charge in [-0.15, -0.1) is 5.10 Å². The van der Waals surface area contributed by atoms with Crippen molar-refractivity contribution in [2.75, 3.05) is 27.2 Å². The fourth-order valence-corrected chi connectivity index (χ4v) is 1.35. The van der Waals surface area contributed by atoms with E-state index in [1.54, 1.807) is 0 Å². The average molecular weight is 186 g/mol. The minimum Gasteiger partial charge on any atom is -0.318 e. The monoisotopic (exact) mass is 186 g/mol. The number of rotatable bonds is 5. The normalized spacial score (nSPS) is 10.9. The lowest BCUT2D eigenvalue weighted by molar-refractivity contribution is 0.324. The molecule has 1 aromatic heterocycles. The second-order valence-electron chi connectivity index (χ2n) is 2.74. The maximum atomic E-state index is 3.97. The smallest absolute Gasteiger partial charge is 0.0895 e. The van der Waals surface area contributed by atoms with Crippen molar-refractivity contribution in [1.29, 1.82) is 0 Å². The molecule has 4 nitrogen and oxygen atoms in total. The largest absolute Gasteiger partial charge is 0.318 e. The van der Waals surface area contributed by atoms with Crippen LogP contribution in [0.1, 0.15) is 5.69 Å². The molecule has 1 N–H and O–H groups in total. The predicted octanol–water partition coefficient (Wildman–Crippen LogP) is 0.189. The second kappa shape index (κ2) is 5.18. The van der Waals surface area contributed by atoms with E-state index >= 15 is 0 Å². The summed E-state index contributed by atoms with van der Waals surface area (Å²) in [6.07, 6.45) is 0. The minimum absolute atomic E-state index is 0.887. The van der Waals surface area contributed by atoms with Gasteiger partial charge >= 0.3 is 0 Å². The van der Waals surface area contributed by atoms with E-state index in [0.717, 1.165) is 25.3 Å². The summed E-state index contributed by atoms with van der Waals surface area (Å²) >= 11 is 1.40. The summed E-state index contributed by atoms with van der Waals surface area (Å²) < 4.78 is 3.80. The zero-order chi connectivity index (χ0) is 8.81. The Kier molecular flexibility index (Phi) is 4.13. The number of nitrogens with zero attached hydrogens (tertiary/aromatic N) is 3. The first-order valence-electron chi connectivity index (χ1n) is 3.92. The van der Waals surface area contributed by atoms with Gasteiger partial charge in [0.25, 0.3) is 0 Å². The Morgan fingerprint density at radius 1 is 1.67 bits per heavy atom. The quantitative estimate of drug-likeness (QED) is 0.712. The fraction of sp³-hybridized carbons (Fsp3) is 0.714. The van der Waals surface area contributed by atoms with E-state index in [0.29, 0.717) is 0 Å². The highest BCUT2D eigenvalue weighted by atomic mass is 32.1. The van der Waals surface area contributed by atoms with Crippen LogP contribution in [0.2, 0.25) is 0 Å². The van der Waals surface area contributed by atoms with Crippen molar-refractivity contribution < 1.29 is 0 Å². The molecule has 1 heterocycles. The van der Waals surface area contributed by atoms with E-state index in [2.05, 4.69) is 26.9 Å². The van der Waals surface area contributed by atoms with Gasteiger partial charge in [0.1, 0.15) is 0 Å². The van der Waals surface area contributed by atoms with Crippen LogP contribution in [0.15, 0.2) is 5.38 Å². The van der Waals surface area contributed by atoms with Crippen molar-refractivity contribution in [3.05, 3.63) is 11.1 Å². The lowest BCUT2D eigenvalue weighted by Crippen LogP contribution is -2.27. The Hall–Kier alpha value is -0.520. The van der Waals surface area contributed by atoms with Crippen molar-refractivity contribution in [3.63, 3.8) is 0 Å². The van der Waals surface area contributed by atoms with Gasteiger partial charge < -0.3 is 5.32 Å². The van der Waals surface area contributed by atoms with Crippen LogP contribution in [0.3, 0.4) is 0 Å². The Balaban J connectivity index is 2.22. The van der Waals surface area contributed by atoms with Crippen molar-refractivity contribution in [2.24, 2.45) is 0 Å². The standard InChI is InChI=1S/C7H14N4S/c1-8-3-4-11(2)5-7-6-12-10-9-7/h6,8H,3-5H2,1-2H3. The van der Waals surface area contributed by atoms with E-state index in [4.69, 9.17) is 0 Å². The maximum absolute atomic E-state index is 3.97. The summed E-state index contributed by atoms with van der Waals surface area (Å²) in [7, 11) is 4.04. The van der Waals surface area contributed by atoms with E-state index in [-0.39, 0.29) is 0 Å². The highest BCUT2D eigenvalue weighted by Gasteiger charge is 2.00. The van der Waals surface area contributed by atoms with Gasteiger partial charge in [-0.05, 0) is 25.6 Å². The molecule has 0 spiro atoms. The lowest BCUT2D eigenvalue weighted by atomic mass is 10.4. The van der Waals surface area contributed by atoms with Crippen LogP contribution in [0.25, 0.3) is 0 Å². The Labute approximate surface area is 76.8 Å². The molecule has 0 aliphatic carbocycles. The molecule has 0 aliphatic rings. The molecule has 0 saturated carbocycles. The number of likely N-dealkylation sites (N-methyl/N-ethyl adjacent to an activating group) is 2. The number of nitrogens with one attached hydrogen (secondary N) is 1. The molecular formula is C7H14N4S. The van der Waals surface area contributed by atoms with E-state index < -0.39 is 0 Å². The molecular weight excluding hydrogens is 172 g/mol. The van der Waals surface area contributed by atoms with Gasteiger partial charge in [0, 0.05) is 25.0 Å². The van der Waals surface area contributed by atoms with Crippen molar-refractivity contribution in [2.45, 2.75) is 6.54 Å². The summed E-state index contributed by atoms with van der Waals surface area (Å²) in [5, 5.41) is 9.06. The highest BCUT2D eigenvalue weighted by Crippen LogP contribution is 1.99. The first kappa shape index (κ1) is 9.57. The first-order chi connectivity index (χ1) is 5.83. The van der Waals surface area contributed by atoms with Crippen LogP contribution in [0.5, 0.6) is 0 Å². The van der Waals surface area contributed by atoms with Crippen molar-refractivity contribution in [1.82, 2.24) is 19.8 Å². The molecule has 0 fully saturated rings. The summed E-state index contributed by atoms with van der Waals surface area (Å²) in [5.41, 5.74) is 1.05. The molecule has 0 atom stereocenters. The number of hydrogen-bond donors (Lipinski definition) is 1. The predicted molar refractivity (Wildman–Crippen MR) is 50.2 cm³/mol. The molecule has 0 aromatic carbocycles. The van der Waals surface area contributed by atoms with Gasteiger partial charge in [-0.2, -0.15) is 0 Å². The van der Waals surface area contributed by atoms with Gasteiger partial charge in [0.05, 0.1) is 5.69 Å². The van der Waals surface area contributed by atoms with Crippen LogP contribution in [0, 0.1) is 0 Å². The summed E-state index contributed by atoms with van der Waals surface area (Å²) in [4.78, 5) is 2.22. The SMILES string of the molecule is CNCCN(C)Cc1csnn1. The zero-order valence-electron chi connectivity index (χ0n) is 7.45. The summed E-state index contributed by atoms with van der Waals surface area (Å²) in [6.45, 7) is 2.93. The zero-order valence-corrected chi connectivity index (χ0v) is 8.27. The molecule has 1 rings (SSSR count). The fourth-order valence-electron chi connectivity index (χ4n) is 0.911. The summed E-state index contributed by atoms with van der Waals surface area (Å²) in [5.74, 6) is 0. The van der Waals surface area contributed by atoms with Gasteiger partial charge in [-0.1, -0.05) is 4.49 Å². The van der Waals surface area contributed by atoms with Crippen LogP contribution >= 0.6 is 11.5 Å². The molecule has 5 heteroatoms. The molecule has 0 unspecified atom stereocenters. The van der Waals surface area contributed by atoms with Crippen LogP contribution in [-0.2, 0) is 6.54 Å². The van der Waals surface area contributed by atoms with Crippen LogP contribution < -0.4 is 5.32 Å². The van der Waals surface area contributed by atoms with Gasteiger partial charge in [-0.3, -0.25) is 4.90 Å². The second-order valence-corrected chi connectivity index (χ2v) is 3.35. The maximum Gasteiger partial charge on any atom is 0.0895 e. The Bertz CT molecular complexity index is 199. The van der Waals surface area contributed by atoms with E-state index in [1.807, 2.05) is 12.4 Å². The van der Waals surface area contributed by atoms with Crippen LogP contribution in [-0.4, -0.2) is 41.7 Å². The van der Waals surface area contributed by atoms with Gasteiger partial charge in [0.15, 0.2) is 0 Å². The third-order valence-electron chi connectivity index (χ3n) is 1.58. The summed E-state index contributed by atoms with van der Waals surface area (Å²) in [6, 6.07) is 0. The Morgan fingerprint density at radius 2 is 2.50 bits per heavy atom. The first-order valence-corrected chi connectivity index (χ1v) is 4.75. The third-order valence-corrected chi connectivity index (χ3v) is 2.13. The molecule has 0 amide bonds. The topological polar surface area (TPSA) is 41.0 Å². The molecule has 1 aromatic rings. The van der Waals surface area contributed by atoms with Gasteiger partial charge in [0.2, 0.25) is 0 Å². The van der Waals surface area contributed by atoms with E-state index in [9.17, 15) is 0 Å². The molecule has 12 heavy (non-hydrogen) atoms. The molecule has 0 radical (unpaired) electrons. The van der Waals surface area contributed by atoms with Crippen LogP contribution in [0.4, 0.5) is 0 Å². The third kappa shape index (κ3) is 3.25. The Morgan fingerprint density at radius 3 is 3.08 bits per heavy atom. The number of hydrogen-bond acceptors (Lipinski definition) is 5. The van der Waals surface area contributed by atoms with Crippen molar-refractivity contribution in [3.8, 4) is 0 Å². The number of aromatic nitrogens is 2. The minimum atomic E-state index is 0.887. The molecule has 68 valence electrons. The average Bonchev–Trinajstić information content (AvgIpc) is 2.53. The molecule has 0 aliphatic heterocycles. The highest BCUT2D eigenvalue weighted by molar-refractivity contribution is 7.03. The van der Waals surface area contributed by atoms with Crippen molar-refractivity contribution >= 4 is 11.5 Å². The van der Waals surface area contributed by atoms with E-state index in [1.165, 1.54) is 11.5 Å². The van der Waals surface area contributed by atoms with Gasteiger partial charge in [-0.25, -0.2) is 0 Å².